The first-order valence-electron chi connectivity index (χ1n) is 3.49. The summed E-state index contributed by atoms with van der Waals surface area (Å²) >= 11 is 0. The van der Waals surface area contributed by atoms with E-state index in [9.17, 15) is 0 Å². The van der Waals surface area contributed by atoms with Crippen LogP contribution in [-0.4, -0.2) is 6.04 Å². The molecule has 0 radical (unpaired) electrons. The molecule has 0 aliphatic carbocycles. The van der Waals surface area contributed by atoms with Crippen molar-refractivity contribution < 1.29 is 4.42 Å². The van der Waals surface area contributed by atoms with E-state index in [2.05, 4.69) is 0 Å². The summed E-state index contributed by atoms with van der Waals surface area (Å²) < 4.78 is 5.31. The Morgan fingerprint density at radius 3 is 2.70 bits per heavy atom. The Labute approximate surface area is 61.0 Å². The quantitative estimate of drug-likeness (QED) is 0.674. The molecule has 0 aliphatic rings. The maximum Gasteiger partial charge on any atom is 0.105 e. The fourth-order valence-corrected chi connectivity index (χ4v) is 0.912. The van der Waals surface area contributed by atoms with Crippen LogP contribution in [0.2, 0.25) is 0 Å². The number of furan rings is 1. The number of rotatable bonds is 2. The zero-order chi connectivity index (χ0) is 7.56. The minimum Gasteiger partial charge on any atom is -0.466 e. The van der Waals surface area contributed by atoms with Gasteiger partial charge in [0.1, 0.15) is 11.5 Å². The Morgan fingerprint density at radius 2 is 2.30 bits per heavy atom. The van der Waals surface area contributed by atoms with Crippen molar-refractivity contribution in [2.24, 2.45) is 5.73 Å². The zero-order valence-corrected chi connectivity index (χ0v) is 6.42. The molecular weight excluding hydrogens is 126 g/mol. The van der Waals surface area contributed by atoms with Gasteiger partial charge in [0.2, 0.25) is 0 Å². The summed E-state index contributed by atoms with van der Waals surface area (Å²) in [6.07, 6.45) is 0.827. The van der Waals surface area contributed by atoms with Gasteiger partial charge >= 0.3 is 0 Å². The summed E-state index contributed by atoms with van der Waals surface area (Å²) in [5.74, 6) is 1.93. The SMILES string of the molecule is Cc1ccc(C[C@H](C)N)o1. The zero-order valence-electron chi connectivity index (χ0n) is 6.42. The van der Waals surface area contributed by atoms with Gasteiger partial charge in [0.25, 0.3) is 0 Å². The minimum atomic E-state index is 0.186. The van der Waals surface area contributed by atoms with E-state index < -0.39 is 0 Å². The molecule has 2 N–H and O–H groups in total. The molecule has 0 saturated carbocycles. The Kier molecular flexibility index (Phi) is 2.12. The molecule has 0 unspecified atom stereocenters. The van der Waals surface area contributed by atoms with Crippen LogP contribution in [0.25, 0.3) is 0 Å². The molecule has 1 aromatic heterocycles. The van der Waals surface area contributed by atoms with Gasteiger partial charge in [-0.2, -0.15) is 0 Å². The number of hydrogen-bond donors (Lipinski definition) is 1. The second-order valence-corrected chi connectivity index (χ2v) is 2.69. The maximum atomic E-state index is 5.57. The summed E-state index contributed by atoms with van der Waals surface area (Å²) in [5.41, 5.74) is 5.57. The average Bonchev–Trinajstić information content (AvgIpc) is 2.13. The lowest BCUT2D eigenvalue weighted by molar-refractivity contribution is 0.469. The van der Waals surface area contributed by atoms with Crippen molar-refractivity contribution in [2.45, 2.75) is 26.3 Å². The van der Waals surface area contributed by atoms with Crippen LogP contribution < -0.4 is 5.73 Å². The second kappa shape index (κ2) is 2.88. The van der Waals surface area contributed by atoms with Crippen LogP contribution in [0.3, 0.4) is 0 Å². The molecule has 10 heavy (non-hydrogen) atoms. The van der Waals surface area contributed by atoms with Gasteiger partial charge in [-0.1, -0.05) is 0 Å². The molecule has 2 nitrogen and oxygen atoms in total. The highest BCUT2D eigenvalue weighted by atomic mass is 16.3. The number of nitrogens with two attached hydrogens (primary N) is 1. The molecule has 0 spiro atoms. The van der Waals surface area contributed by atoms with Gasteiger partial charge in [-0.25, -0.2) is 0 Å². The lowest BCUT2D eigenvalue weighted by atomic mass is 10.2. The van der Waals surface area contributed by atoms with E-state index in [-0.39, 0.29) is 6.04 Å². The van der Waals surface area contributed by atoms with Crippen LogP contribution >= 0.6 is 0 Å². The van der Waals surface area contributed by atoms with Gasteiger partial charge in [-0.3, -0.25) is 0 Å². The molecule has 0 saturated heterocycles. The third-order valence-corrected chi connectivity index (χ3v) is 1.32. The summed E-state index contributed by atoms with van der Waals surface area (Å²) in [7, 11) is 0. The fourth-order valence-electron chi connectivity index (χ4n) is 0.912. The van der Waals surface area contributed by atoms with Crippen molar-refractivity contribution in [3.8, 4) is 0 Å². The highest BCUT2D eigenvalue weighted by Gasteiger charge is 2.00. The highest BCUT2D eigenvalue weighted by Crippen LogP contribution is 2.07. The van der Waals surface area contributed by atoms with Crippen molar-refractivity contribution in [1.29, 1.82) is 0 Å². The predicted molar refractivity (Wildman–Crippen MR) is 40.8 cm³/mol. The molecule has 0 aromatic carbocycles. The smallest absolute Gasteiger partial charge is 0.105 e. The maximum absolute atomic E-state index is 5.57. The van der Waals surface area contributed by atoms with E-state index in [1.165, 1.54) is 0 Å². The van der Waals surface area contributed by atoms with Gasteiger partial charge in [-0.15, -0.1) is 0 Å². The molecular formula is C8H13NO. The van der Waals surface area contributed by atoms with Crippen molar-refractivity contribution in [1.82, 2.24) is 0 Å². The van der Waals surface area contributed by atoms with Crippen LogP contribution in [0.4, 0.5) is 0 Å². The van der Waals surface area contributed by atoms with Crippen molar-refractivity contribution in [3.05, 3.63) is 23.7 Å². The summed E-state index contributed by atoms with van der Waals surface area (Å²) in [6, 6.07) is 4.11. The van der Waals surface area contributed by atoms with Crippen LogP contribution in [0.1, 0.15) is 18.4 Å². The van der Waals surface area contributed by atoms with Gasteiger partial charge < -0.3 is 10.2 Å². The van der Waals surface area contributed by atoms with Crippen molar-refractivity contribution in [3.63, 3.8) is 0 Å². The first-order valence-corrected chi connectivity index (χ1v) is 3.49. The standard InChI is InChI=1S/C8H13NO/c1-6(9)5-8-4-3-7(2)10-8/h3-4,6H,5,9H2,1-2H3/t6-/m0/s1. The second-order valence-electron chi connectivity index (χ2n) is 2.69. The third kappa shape index (κ3) is 1.88. The van der Waals surface area contributed by atoms with E-state index in [1.807, 2.05) is 26.0 Å². The summed E-state index contributed by atoms with van der Waals surface area (Å²) in [6.45, 7) is 3.91. The number of hydrogen-bond acceptors (Lipinski definition) is 2. The topological polar surface area (TPSA) is 39.2 Å². The first kappa shape index (κ1) is 7.35. The molecule has 1 aromatic rings. The first-order chi connectivity index (χ1) is 4.68. The molecule has 0 fully saturated rings. The fraction of sp³-hybridized carbons (Fsp3) is 0.500. The van der Waals surface area contributed by atoms with Gasteiger partial charge in [-0.05, 0) is 26.0 Å². The third-order valence-electron chi connectivity index (χ3n) is 1.32. The van der Waals surface area contributed by atoms with Crippen molar-refractivity contribution in [2.75, 3.05) is 0 Å². The van der Waals surface area contributed by atoms with Crippen LogP contribution in [0.15, 0.2) is 16.5 Å². The van der Waals surface area contributed by atoms with E-state index >= 15 is 0 Å². The molecule has 0 aliphatic heterocycles. The largest absolute Gasteiger partial charge is 0.466 e. The summed E-state index contributed by atoms with van der Waals surface area (Å²) in [5, 5.41) is 0. The lowest BCUT2D eigenvalue weighted by Gasteiger charge is -1.99. The Morgan fingerprint density at radius 1 is 1.60 bits per heavy atom. The molecule has 2 heteroatoms. The molecule has 0 amide bonds. The van der Waals surface area contributed by atoms with Gasteiger partial charge in [0.15, 0.2) is 0 Å². The molecule has 1 rings (SSSR count). The number of aryl methyl sites for hydroxylation is 1. The lowest BCUT2D eigenvalue weighted by Crippen LogP contribution is -2.17. The van der Waals surface area contributed by atoms with E-state index in [4.69, 9.17) is 10.2 Å². The average molecular weight is 139 g/mol. The Hall–Kier alpha value is -0.760. The van der Waals surface area contributed by atoms with Gasteiger partial charge in [0, 0.05) is 12.5 Å². The highest BCUT2D eigenvalue weighted by molar-refractivity contribution is 5.06. The van der Waals surface area contributed by atoms with Crippen LogP contribution in [0.5, 0.6) is 0 Å². The molecule has 56 valence electrons. The predicted octanol–water partition coefficient (Wildman–Crippen LogP) is 1.48. The van der Waals surface area contributed by atoms with Crippen LogP contribution in [0, 0.1) is 6.92 Å². The van der Waals surface area contributed by atoms with E-state index in [0.29, 0.717) is 0 Å². The normalized spacial score (nSPS) is 13.5. The Balaban J connectivity index is 2.58. The summed E-state index contributed by atoms with van der Waals surface area (Å²) in [4.78, 5) is 0. The monoisotopic (exact) mass is 139 g/mol. The minimum absolute atomic E-state index is 0.186. The van der Waals surface area contributed by atoms with Crippen molar-refractivity contribution >= 4 is 0 Å². The Bertz CT molecular complexity index is 203. The molecule has 0 bridgehead atoms. The molecule has 1 atom stereocenters. The van der Waals surface area contributed by atoms with Crippen LogP contribution in [-0.2, 0) is 6.42 Å². The van der Waals surface area contributed by atoms with E-state index in [1.54, 1.807) is 0 Å². The van der Waals surface area contributed by atoms with Gasteiger partial charge in [0.05, 0.1) is 0 Å². The van der Waals surface area contributed by atoms with E-state index in [0.717, 1.165) is 17.9 Å². The molecule has 1 heterocycles.